The van der Waals surface area contributed by atoms with Crippen LogP contribution in [0, 0.1) is 0 Å². The van der Waals surface area contributed by atoms with E-state index in [1.807, 2.05) is 0 Å². The van der Waals surface area contributed by atoms with Gasteiger partial charge in [-0.1, -0.05) is 297 Å². The highest BCUT2D eigenvalue weighted by Crippen LogP contribution is 2.42. The molecule has 13 aromatic carbocycles. The second kappa shape index (κ2) is 20.5. The van der Waals surface area contributed by atoms with E-state index in [0.29, 0.717) is 0 Å². The van der Waals surface area contributed by atoms with Crippen LogP contribution in [0.2, 0.25) is 0 Å². The minimum Gasteiger partial charge on any atom is -0.309 e. The normalized spacial score (nSPS) is 11.9. The van der Waals surface area contributed by atoms with E-state index < -0.39 is 16.1 Å². The van der Waals surface area contributed by atoms with E-state index >= 15 is 0 Å². The van der Waals surface area contributed by atoms with Crippen LogP contribution in [0.4, 0.5) is 0 Å². The summed E-state index contributed by atoms with van der Waals surface area (Å²) in [5.74, 6) is 0. The van der Waals surface area contributed by atoms with Crippen molar-refractivity contribution in [3.8, 4) is 33.6 Å². The lowest BCUT2D eigenvalue weighted by molar-refractivity contribution is 1.18. The Morgan fingerprint density at radius 1 is 0.207 bits per heavy atom. The molecule has 0 spiro atoms. The Bertz CT molecular complexity index is 4690. The Morgan fingerprint density at radius 3 is 1.06 bits per heavy atom. The second-order valence-corrected chi connectivity index (χ2v) is 29.1. The quantitative estimate of drug-likeness (QED) is 0.0852. The maximum Gasteiger partial charge on any atom is 0.181 e. The molecule has 0 amide bonds. The first-order chi connectivity index (χ1) is 40.7. The van der Waals surface area contributed by atoms with Gasteiger partial charge in [-0.05, 0) is 106 Å². The molecule has 0 unspecified atom stereocenters. The van der Waals surface area contributed by atoms with Gasteiger partial charge in [-0.2, -0.15) is 0 Å². The summed E-state index contributed by atoms with van der Waals surface area (Å²) in [5, 5.41) is 15.5. The van der Waals surface area contributed by atoms with Gasteiger partial charge in [0.1, 0.15) is 0 Å². The third-order valence-electron chi connectivity index (χ3n) is 17.2. The third-order valence-corrected chi connectivity index (χ3v) is 26.7. The van der Waals surface area contributed by atoms with E-state index in [9.17, 15) is 0 Å². The molecule has 4 heteroatoms. The summed E-state index contributed by atoms with van der Waals surface area (Å²) in [5.41, 5.74) is 11.8. The summed E-state index contributed by atoms with van der Waals surface area (Å²) < 4.78 is 5.21. The zero-order valence-corrected chi connectivity index (χ0v) is 47.2. The van der Waals surface area contributed by atoms with Gasteiger partial charge in [0.25, 0.3) is 0 Å². The number of fused-ring (bicyclic) bond motifs is 7. The van der Waals surface area contributed by atoms with Crippen LogP contribution in [-0.4, -0.2) is 25.3 Å². The van der Waals surface area contributed by atoms with Crippen molar-refractivity contribution in [2.45, 2.75) is 0 Å². The molecule has 0 aliphatic rings. The molecule has 0 fully saturated rings. The number of nitrogens with zero attached hydrogens (tertiary/aromatic N) is 2. The molecule has 2 nitrogen and oxygen atoms in total. The van der Waals surface area contributed by atoms with Gasteiger partial charge < -0.3 is 9.13 Å². The lowest BCUT2D eigenvalue weighted by Crippen LogP contribution is -2.75. The highest BCUT2D eigenvalue weighted by molar-refractivity contribution is 7.21. The topological polar surface area (TPSA) is 9.86 Å². The summed E-state index contributed by atoms with van der Waals surface area (Å²) in [6, 6.07) is 128. The Labute approximate surface area is 480 Å². The number of para-hydroxylation sites is 3. The Morgan fingerprint density at radius 2 is 0.549 bits per heavy atom. The summed E-state index contributed by atoms with van der Waals surface area (Å²) >= 11 is 0. The largest absolute Gasteiger partial charge is 0.309 e. The highest BCUT2D eigenvalue weighted by atomic mass is 28.3. The van der Waals surface area contributed by atoms with Crippen LogP contribution in [0.1, 0.15) is 0 Å². The van der Waals surface area contributed by atoms with E-state index in [-0.39, 0.29) is 0 Å². The first-order valence-corrected chi connectivity index (χ1v) is 32.4. The van der Waals surface area contributed by atoms with Crippen molar-refractivity contribution in [2.75, 3.05) is 0 Å². The predicted octanol–water partition coefficient (Wildman–Crippen LogP) is 14.0. The first kappa shape index (κ1) is 49.0. The minimum atomic E-state index is -3.33. The van der Waals surface area contributed by atoms with Crippen LogP contribution < -0.4 is 41.5 Å². The summed E-state index contributed by atoms with van der Waals surface area (Å²) in [6.07, 6.45) is 0. The Kier molecular flexibility index (Phi) is 12.3. The second-order valence-electron chi connectivity index (χ2n) is 21.5. The minimum absolute atomic E-state index is 1.13. The third kappa shape index (κ3) is 7.83. The van der Waals surface area contributed by atoms with Crippen LogP contribution in [-0.2, 0) is 0 Å². The van der Waals surface area contributed by atoms with Crippen molar-refractivity contribution >= 4 is 101 Å². The van der Waals surface area contributed by atoms with Crippen molar-refractivity contribution in [3.05, 3.63) is 340 Å². The summed E-state index contributed by atoms with van der Waals surface area (Å²) in [7, 11) is -6.40. The van der Waals surface area contributed by atoms with Crippen molar-refractivity contribution in [3.63, 3.8) is 0 Å². The lowest BCUT2D eigenvalue weighted by Gasteiger charge is -2.36. The molecule has 15 rings (SSSR count). The SMILES string of the molecule is c1ccc(-c2cccc([Si](c3ccccc3)(c3ccccc3)c3cccc(-n4c5ccccc5c5cc([Si](c6ccccc6)(c6ccccc6)c6cccc(-c7ccccc7)c6)c6c(c7ccccc7n6-c6ccccc6)c54)c3)c2)cc1. The van der Waals surface area contributed by atoms with E-state index in [1.165, 1.54) is 107 Å². The summed E-state index contributed by atoms with van der Waals surface area (Å²) in [4.78, 5) is 0. The fraction of sp³-hybridized carbons (Fsp3) is 0. The molecule has 0 N–H and O–H groups in total. The standard InChI is InChI=1S/C78H56N2Si2/c1-8-29-57(30-9-1)59-33-26-46-67(53-59)81(63-38-14-4-15-39-63,64-40-16-5-17-41-64)69-48-28-37-62(55-69)80-73-51-24-22-49-70(73)72-56-75(78-76(77(72)80)71-50-23-25-52-74(71)79(78)61-35-12-3-13-36-61)82(65-42-18-6-19-43-65,66-44-20-7-21-45-66)68-47-27-34-60(54-68)58-31-10-2-11-32-58/h1-56H. The molecule has 2 heterocycles. The highest BCUT2D eigenvalue weighted by Gasteiger charge is 2.46. The molecular formula is C78H56N2Si2. The average molecular weight is 1080 g/mol. The van der Waals surface area contributed by atoms with Crippen LogP contribution in [0.5, 0.6) is 0 Å². The molecule has 0 saturated heterocycles. The first-order valence-electron chi connectivity index (χ1n) is 28.4. The van der Waals surface area contributed by atoms with Crippen molar-refractivity contribution in [1.29, 1.82) is 0 Å². The average Bonchev–Trinajstić information content (AvgIpc) is 1.97. The van der Waals surface area contributed by atoms with Gasteiger partial charge in [0.15, 0.2) is 16.1 Å². The smallest absolute Gasteiger partial charge is 0.181 e. The Balaban J connectivity index is 1.11. The monoisotopic (exact) mass is 1080 g/mol. The van der Waals surface area contributed by atoms with E-state index in [4.69, 9.17) is 0 Å². The predicted molar refractivity (Wildman–Crippen MR) is 353 cm³/mol. The van der Waals surface area contributed by atoms with Gasteiger partial charge in [-0.15, -0.1) is 0 Å². The molecule has 0 aliphatic heterocycles. The van der Waals surface area contributed by atoms with E-state index in [1.54, 1.807) is 0 Å². The zero-order valence-electron chi connectivity index (χ0n) is 45.2. The maximum atomic E-state index is 2.64. The molecule has 15 aromatic rings. The van der Waals surface area contributed by atoms with Gasteiger partial charge in [0, 0.05) is 32.9 Å². The molecule has 0 saturated carbocycles. The maximum absolute atomic E-state index is 3.33. The number of hydrogen-bond donors (Lipinski definition) is 0. The molecule has 386 valence electrons. The van der Waals surface area contributed by atoms with Gasteiger partial charge in [-0.25, -0.2) is 0 Å². The molecular weight excluding hydrogens is 1020 g/mol. The van der Waals surface area contributed by atoms with Gasteiger partial charge >= 0.3 is 0 Å². The van der Waals surface area contributed by atoms with E-state index in [2.05, 4.69) is 349 Å². The van der Waals surface area contributed by atoms with Gasteiger partial charge in [-0.3, -0.25) is 0 Å². The van der Waals surface area contributed by atoms with Crippen LogP contribution >= 0.6 is 0 Å². The molecule has 0 aliphatic carbocycles. The van der Waals surface area contributed by atoms with Crippen LogP contribution in [0.3, 0.4) is 0 Å². The van der Waals surface area contributed by atoms with Crippen LogP contribution in [0.15, 0.2) is 340 Å². The van der Waals surface area contributed by atoms with Crippen molar-refractivity contribution in [2.24, 2.45) is 0 Å². The number of rotatable bonds is 12. The zero-order chi connectivity index (χ0) is 54.5. The fourth-order valence-electron chi connectivity index (χ4n) is 13.7. The van der Waals surface area contributed by atoms with Crippen LogP contribution in [0.25, 0.3) is 77.2 Å². The van der Waals surface area contributed by atoms with Crippen molar-refractivity contribution < 1.29 is 0 Å². The number of aromatic nitrogens is 2. The number of hydrogen-bond acceptors (Lipinski definition) is 0. The van der Waals surface area contributed by atoms with Gasteiger partial charge in [0.2, 0.25) is 0 Å². The van der Waals surface area contributed by atoms with E-state index in [0.717, 1.165) is 11.4 Å². The molecule has 2 aromatic heterocycles. The molecule has 0 bridgehead atoms. The lowest BCUT2D eigenvalue weighted by atomic mass is 10.1. The van der Waals surface area contributed by atoms with Crippen molar-refractivity contribution in [1.82, 2.24) is 9.13 Å². The molecule has 82 heavy (non-hydrogen) atoms. The fourth-order valence-corrected chi connectivity index (χ4v) is 23.5. The Hall–Kier alpha value is -10.1. The summed E-state index contributed by atoms with van der Waals surface area (Å²) in [6.45, 7) is 0. The molecule has 0 atom stereocenters. The number of benzene rings is 13. The molecule has 0 radical (unpaired) electrons. The van der Waals surface area contributed by atoms with Gasteiger partial charge in [0.05, 0.1) is 22.1 Å².